The normalized spacial score (nSPS) is 36.5. The monoisotopic (exact) mass is 292 g/mol. The van der Waals surface area contributed by atoms with Crippen LogP contribution in [0.3, 0.4) is 0 Å². The van der Waals surface area contributed by atoms with Crippen LogP contribution >= 0.6 is 0 Å². The summed E-state index contributed by atoms with van der Waals surface area (Å²) in [5.41, 5.74) is 5.26. The lowest BCUT2D eigenvalue weighted by atomic mass is 9.66. The zero-order chi connectivity index (χ0) is 15.3. The van der Waals surface area contributed by atoms with Crippen LogP contribution in [0.15, 0.2) is 24.3 Å². The third kappa shape index (κ3) is 2.34. The molecular weight excluding hydrogens is 271 g/mol. The molecule has 3 rings (SSSR count). The van der Waals surface area contributed by atoms with E-state index < -0.39 is 17.1 Å². The fraction of sp³-hybridized carbons (Fsp3) is 0.562. The maximum Gasteiger partial charge on any atom is 0.233 e. The fourth-order valence-corrected chi connectivity index (χ4v) is 3.55. The molecule has 0 radical (unpaired) electrons. The Labute approximate surface area is 123 Å². The molecule has 3 atom stereocenters. The van der Waals surface area contributed by atoms with E-state index in [4.69, 9.17) is 5.73 Å². The van der Waals surface area contributed by atoms with Gasteiger partial charge in [-0.1, -0.05) is 6.07 Å². The maximum atomic E-state index is 13.4. The van der Waals surface area contributed by atoms with E-state index in [1.54, 1.807) is 24.0 Å². The Balaban J connectivity index is 1.84. The second-order valence-electron chi connectivity index (χ2n) is 6.63. The lowest BCUT2D eigenvalue weighted by Gasteiger charge is -2.43. The molecular formula is C16H21FN2O2. The summed E-state index contributed by atoms with van der Waals surface area (Å²) in [5.74, 6) is -0.330. The van der Waals surface area contributed by atoms with E-state index >= 15 is 0 Å². The largest absolute Gasteiger partial charge is 0.389 e. The van der Waals surface area contributed by atoms with Crippen LogP contribution in [-0.4, -0.2) is 29.2 Å². The summed E-state index contributed by atoms with van der Waals surface area (Å²) in [4.78, 5) is 14.5. The first-order chi connectivity index (χ1) is 9.84. The van der Waals surface area contributed by atoms with Crippen molar-refractivity contribution in [3.8, 4) is 0 Å². The summed E-state index contributed by atoms with van der Waals surface area (Å²) >= 11 is 0. The molecule has 1 amide bonds. The van der Waals surface area contributed by atoms with Gasteiger partial charge in [-0.15, -0.1) is 0 Å². The van der Waals surface area contributed by atoms with E-state index in [-0.39, 0.29) is 11.7 Å². The molecule has 4 nitrogen and oxygen atoms in total. The van der Waals surface area contributed by atoms with Gasteiger partial charge >= 0.3 is 0 Å². The first-order valence-corrected chi connectivity index (χ1v) is 7.40. The minimum Gasteiger partial charge on any atom is -0.389 e. The van der Waals surface area contributed by atoms with Crippen LogP contribution in [0, 0.1) is 11.2 Å². The van der Waals surface area contributed by atoms with Gasteiger partial charge in [-0.05, 0) is 50.8 Å². The molecule has 114 valence electrons. The number of amides is 1. The average molecular weight is 292 g/mol. The Bertz CT molecular complexity index is 575. The zero-order valence-corrected chi connectivity index (χ0v) is 12.2. The van der Waals surface area contributed by atoms with Gasteiger partial charge in [-0.2, -0.15) is 0 Å². The van der Waals surface area contributed by atoms with Crippen molar-refractivity contribution < 1.29 is 14.3 Å². The molecule has 3 unspecified atom stereocenters. The second kappa shape index (κ2) is 4.78. The molecule has 1 aromatic rings. The van der Waals surface area contributed by atoms with Crippen molar-refractivity contribution in [1.82, 2.24) is 0 Å². The molecule has 1 saturated heterocycles. The van der Waals surface area contributed by atoms with Gasteiger partial charge in [0, 0.05) is 18.3 Å². The molecule has 0 aromatic heterocycles. The highest BCUT2D eigenvalue weighted by molar-refractivity contribution is 6.00. The van der Waals surface area contributed by atoms with Gasteiger partial charge in [-0.3, -0.25) is 4.79 Å². The number of nitrogens with two attached hydrogens (primary N) is 1. The average Bonchev–Trinajstić information content (AvgIpc) is 2.73. The molecule has 0 bridgehead atoms. The van der Waals surface area contributed by atoms with Crippen molar-refractivity contribution in [2.24, 2.45) is 11.1 Å². The lowest BCUT2D eigenvalue weighted by molar-refractivity contribution is -0.131. The number of hydrogen-bond acceptors (Lipinski definition) is 3. The van der Waals surface area contributed by atoms with Gasteiger partial charge in [0.25, 0.3) is 0 Å². The number of hydrogen-bond donors (Lipinski definition) is 2. The topological polar surface area (TPSA) is 66.6 Å². The zero-order valence-electron chi connectivity index (χ0n) is 12.2. The van der Waals surface area contributed by atoms with Gasteiger partial charge in [0.05, 0.1) is 11.0 Å². The Kier molecular flexibility index (Phi) is 3.30. The van der Waals surface area contributed by atoms with Gasteiger partial charge in [-0.25, -0.2) is 4.39 Å². The Morgan fingerprint density at radius 1 is 1.38 bits per heavy atom. The van der Waals surface area contributed by atoms with Crippen LogP contribution in [0.4, 0.5) is 10.1 Å². The smallest absolute Gasteiger partial charge is 0.233 e. The third-order valence-corrected chi connectivity index (χ3v) is 5.15. The number of benzene rings is 1. The summed E-state index contributed by atoms with van der Waals surface area (Å²) in [6, 6.07) is 5.71. The molecule has 5 heteroatoms. The van der Waals surface area contributed by atoms with E-state index in [9.17, 15) is 14.3 Å². The van der Waals surface area contributed by atoms with Crippen molar-refractivity contribution in [1.29, 1.82) is 0 Å². The highest BCUT2D eigenvalue weighted by Gasteiger charge is 2.53. The van der Waals surface area contributed by atoms with Crippen LogP contribution in [0.1, 0.15) is 32.6 Å². The molecule has 1 spiro atoms. The molecule has 1 aliphatic heterocycles. The number of carbonyl (C=O) groups is 1. The van der Waals surface area contributed by atoms with Crippen LogP contribution in [0.2, 0.25) is 0 Å². The number of halogens is 1. The Morgan fingerprint density at radius 3 is 2.81 bits per heavy atom. The molecule has 2 aliphatic rings. The van der Waals surface area contributed by atoms with E-state index in [0.717, 1.165) is 0 Å². The van der Waals surface area contributed by atoms with Crippen LogP contribution in [0.5, 0.6) is 0 Å². The number of aliphatic hydroxyl groups is 1. The highest BCUT2D eigenvalue weighted by atomic mass is 19.1. The van der Waals surface area contributed by atoms with Crippen molar-refractivity contribution in [2.75, 3.05) is 11.4 Å². The van der Waals surface area contributed by atoms with E-state index in [0.29, 0.717) is 37.9 Å². The molecule has 21 heavy (non-hydrogen) atoms. The molecule has 1 aliphatic carbocycles. The van der Waals surface area contributed by atoms with E-state index in [1.165, 1.54) is 12.1 Å². The number of anilines is 1. The third-order valence-electron chi connectivity index (χ3n) is 5.15. The molecule has 3 N–H and O–H groups in total. The molecule has 2 fully saturated rings. The predicted octanol–water partition coefficient (Wildman–Crippen LogP) is 1.81. The maximum absolute atomic E-state index is 13.4. The number of nitrogens with zero attached hydrogens (tertiary/aromatic N) is 1. The first kappa shape index (κ1) is 14.5. The summed E-state index contributed by atoms with van der Waals surface area (Å²) in [6.07, 6.45) is 2.37. The molecule has 1 heterocycles. The quantitative estimate of drug-likeness (QED) is 0.829. The standard InChI is InChI=1S/C16H21FN2O2/c1-15(21)5-6-16(10-13(15)18)7-8-19(14(16)20)12-4-2-3-11(17)9-12/h2-4,9,13,21H,5-8,10,18H2,1H3. The van der Waals surface area contributed by atoms with Crippen molar-refractivity contribution in [3.05, 3.63) is 30.1 Å². The summed E-state index contributed by atoms with van der Waals surface area (Å²) in [7, 11) is 0. The minimum absolute atomic E-state index is 0.0130. The fourth-order valence-electron chi connectivity index (χ4n) is 3.55. The summed E-state index contributed by atoms with van der Waals surface area (Å²) in [5, 5.41) is 10.2. The minimum atomic E-state index is -0.905. The van der Waals surface area contributed by atoms with Gasteiger partial charge in [0.15, 0.2) is 0 Å². The Hall–Kier alpha value is -1.46. The number of rotatable bonds is 1. The van der Waals surface area contributed by atoms with Crippen molar-refractivity contribution >= 4 is 11.6 Å². The second-order valence-corrected chi connectivity index (χ2v) is 6.63. The summed E-state index contributed by atoms with van der Waals surface area (Å²) in [6.45, 7) is 2.31. The number of carbonyl (C=O) groups excluding carboxylic acids is 1. The molecule has 1 aromatic carbocycles. The van der Waals surface area contributed by atoms with Crippen LogP contribution in [0.25, 0.3) is 0 Å². The Morgan fingerprint density at radius 2 is 2.14 bits per heavy atom. The van der Waals surface area contributed by atoms with Gasteiger partial charge in [0.1, 0.15) is 5.82 Å². The van der Waals surface area contributed by atoms with E-state index in [2.05, 4.69) is 0 Å². The van der Waals surface area contributed by atoms with Gasteiger partial charge < -0.3 is 15.7 Å². The van der Waals surface area contributed by atoms with Crippen LogP contribution < -0.4 is 10.6 Å². The van der Waals surface area contributed by atoms with Crippen molar-refractivity contribution in [3.63, 3.8) is 0 Å². The highest BCUT2D eigenvalue weighted by Crippen LogP contribution is 2.48. The van der Waals surface area contributed by atoms with Crippen LogP contribution in [-0.2, 0) is 4.79 Å². The van der Waals surface area contributed by atoms with Crippen molar-refractivity contribution in [2.45, 2.75) is 44.2 Å². The SMILES string of the molecule is CC1(O)CCC2(CCN(c3cccc(F)c3)C2=O)CC1N. The molecule has 1 saturated carbocycles. The van der Waals surface area contributed by atoms with E-state index in [1.807, 2.05) is 0 Å². The predicted molar refractivity (Wildman–Crippen MR) is 78.3 cm³/mol. The van der Waals surface area contributed by atoms with Gasteiger partial charge in [0.2, 0.25) is 5.91 Å². The first-order valence-electron chi connectivity index (χ1n) is 7.40. The summed E-state index contributed by atoms with van der Waals surface area (Å²) < 4.78 is 13.4. The lowest BCUT2D eigenvalue weighted by Crippen LogP contribution is -2.55.